The van der Waals surface area contributed by atoms with E-state index in [4.69, 9.17) is 18.5 Å². The van der Waals surface area contributed by atoms with Gasteiger partial charge in [-0.25, -0.2) is 4.79 Å². The lowest BCUT2D eigenvalue weighted by Gasteiger charge is -2.13. The summed E-state index contributed by atoms with van der Waals surface area (Å²) in [7, 11) is 0. The Morgan fingerprint density at radius 1 is 1.14 bits per heavy atom. The highest BCUT2D eigenvalue weighted by Crippen LogP contribution is 2.19. The summed E-state index contributed by atoms with van der Waals surface area (Å²) in [5, 5.41) is 10.1. The number of benzene rings is 1. The van der Waals surface area contributed by atoms with E-state index >= 15 is 0 Å². The number of anilines is 1. The topological polar surface area (TPSA) is 117 Å². The summed E-state index contributed by atoms with van der Waals surface area (Å²) in [4.78, 5) is 24.5. The maximum absolute atomic E-state index is 12.4. The lowest BCUT2D eigenvalue weighted by Crippen LogP contribution is -2.30. The van der Waals surface area contributed by atoms with Crippen LogP contribution in [0, 0.1) is 20.8 Å². The number of esters is 1. The molecule has 0 unspecified atom stereocenters. The Kier molecular flexibility index (Phi) is 5.96. The maximum atomic E-state index is 12.4. The van der Waals surface area contributed by atoms with E-state index in [9.17, 15) is 9.59 Å². The smallest absolute Gasteiger partial charge is 0.339 e. The highest BCUT2D eigenvalue weighted by molar-refractivity contribution is 5.96. The molecule has 3 aromatic rings. The molecule has 0 saturated heterocycles. The van der Waals surface area contributed by atoms with E-state index in [1.165, 1.54) is 6.92 Å². The van der Waals surface area contributed by atoms with Gasteiger partial charge in [-0.1, -0.05) is 16.4 Å². The molecule has 9 nitrogen and oxygen atoms in total. The molecule has 152 valence electrons. The Morgan fingerprint density at radius 3 is 2.59 bits per heavy atom. The van der Waals surface area contributed by atoms with Gasteiger partial charge in [-0.2, -0.15) is 0 Å². The first-order chi connectivity index (χ1) is 13.8. The number of nitrogens with zero attached hydrogens (tertiary/aromatic N) is 2. The van der Waals surface area contributed by atoms with E-state index in [2.05, 4.69) is 15.6 Å². The molecule has 2 heterocycles. The van der Waals surface area contributed by atoms with Gasteiger partial charge in [0.25, 0.3) is 5.91 Å². The Hall–Kier alpha value is -3.62. The summed E-state index contributed by atoms with van der Waals surface area (Å²) in [6.45, 7) is 7.07. The van der Waals surface area contributed by atoms with Gasteiger partial charge in [0.2, 0.25) is 0 Å². The van der Waals surface area contributed by atoms with Crippen LogP contribution in [0.2, 0.25) is 0 Å². The molecule has 1 N–H and O–H groups in total. The summed E-state index contributed by atoms with van der Waals surface area (Å²) >= 11 is 0. The van der Waals surface area contributed by atoms with Crippen LogP contribution in [0.3, 0.4) is 0 Å². The largest absolute Gasteiger partial charge is 0.489 e. The second kappa shape index (κ2) is 8.59. The fraction of sp³-hybridized carbons (Fsp3) is 0.300. The van der Waals surface area contributed by atoms with Gasteiger partial charge < -0.3 is 23.8 Å². The van der Waals surface area contributed by atoms with Crippen molar-refractivity contribution < 1.29 is 28.1 Å². The first-order valence-electron chi connectivity index (χ1n) is 8.93. The Balaban J connectivity index is 1.59. The van der Waals surface area contributed by atoms with E-state index in [1.807, 2.05) is 6.92 Å². The first kappa shape index (κ1) is 20.1. The van der Waals surface area contributed by atoms with Crippen LogP contribution in [-0.4, -0.2) is 28.3 Å². The van der Waals surface area contributed by atoms with Crippen LogP contribution in [-0.2, 0) is 16.1 Å². The van der Waals surface area contributed by atoms with Gasteiger partial charge in [0.1, 0.15) is 23.9 Å². The summed E-state index contributed by atoms with van der Waals surface area (Å²) in [6, 6.07) is 8.08. The number of aryl methyl sites for hydroxylation is 3. The number of carbonyl (C=O) groups excluding carboxylic acids is 2. The molecule has 1 amide bonds. The molecule has 0 saturated carbocycles. The number of hydrogen-bond donors (Lipinski definition) is 1. The van der Waals surface area contributed by atoms with Crippen molar-refractivity contribution in [2.45, 2.75) is 40.4 Å². The second-order valence-corrected chi connectivity index (χ2v) is 6.48. The SMILES string of the molecule is Cc1cc(NC(=O)[C@H](C)OC(=O)c2cccc(OCc3c(C)noc3C)c2)no1. The quantitative estimate of drug-likeness (QED) is 0.601. The zero-order valence-electron chi connectivity index (χ0n) is 16.5. The van der Waals surface area contributed by atoms with Crippen LogP contribution < -0.4 is 10.1 Å². The van der Waals surface area contributed by atoms with Crippen molar-refractivity contribution in [3.05, 3.63) is 58.7 Å². The normalized spacial score (nSPS) is 11.7. The Bertz CT molecular complexity index is 1000. The van der Waals surface area contributed by atoms with Gasteiger partial charge in [0.05, 0.1) is 16.8 Å². The van der Waals surface area contributed by atoms with Crippen LogP contribution in [0.4, 0.5) is 5.82 Å². The van der Waals surface area contributed by atoms with Crippen LogP contribution in [0.15, 0.2) is 39.4 Å². The zero-order valence-corrected chi connectivity index (χ0v) is 16.5. The third-order valence-corrected chi connectivity index (χ3v) is 4.17. The van der Waals surface area contributed by atoms with E-state index < -0.39 is 18.0 Å². The van der Waals surface area contributed by atoms with E-state index in [0.717, 1.165) is 11.3 Å². The van der Waals surface area contributed by atoms with E-state index in [-0.39, 0.29) is 18.0 Å². The van der Waals surface area contributed by atoms with Crippen LogP contribution in [0.1, 0.15) is 40.1 Å². The fourth-order valence-electron chi connectivity index (χ4n) is 2.51. The molecule has 2 aromatic heterocycles. The molecule has 1 atom stereocenters. The van der Waals surface area contributed by atoms with Crippen molar-refractivity contribution in [3.8, 4) is 5.75 Å². The molecular formula is C20H21N3O6. The molecule has 0 aliphatic rings. The van der Waals surface area contributed by atoms with E-state index in [1.54, 1.807) is 44.2 Å². The predicted octanol–water partition coefficient (Wildman–Crippen LogP) is 3.35. The molecule has 0 bridgehead atoms. The number of aromatic nitrogens is 2. The van der Waals surface area contributed by atoms with Crippen molar-refractivity contribution in [1.29, 1.82) is 0 Å². The zero-order chi connectivity index (χ0) is 21.0. The monoisotopic (exact) mass is 399 g/mol. The summed E-state index contributed by atoms with van der Waals surface area (Å²) in [6.07, 6.45) is -1.02. The molecule has 1 aromatic carbocycles. The molecule has 0 spiro atoms. The van der Waals surface area contributed by atoms with Crippen molar-refractivity contribution in [2.24, 2.45) is 0 Å². The molecule has 3 rings (SSSR count). The minimum absolute atomic E-state index is 0.255. The first-order valence-corrected chi connectivity index (χ1v) is 8.93. The third-order valence-electron chi connectivity index (χ3n) is 4.17. The maximum Gasteiger partial charge on any atom is 0.339 e. The van der Waals surface area contributed by atoms with Crippen molar-refractivity contribution in [1.82, 2.24) is 10.3 Å². The van der Waals surface area contributed by atoms with Crippen LogP contribution in [0.5, 0.6) is 5.75 Å². The highest BCUT2D eigenvalue weighted by Gasteiger charge is 2.20. The molecule has 0 aliphatic carbocycles. The number of ether oxygens (including phenoxy) is 2. The minimum Gasteiger partial charge on any atom is -0.489 e. The number of carbonyl (C=O) groups is 2. The van der Waals surface area contributed by atoms with Gasteiger partial charge in [0, 0.05) is 6.07 Å². The van der Waals surface area contributed by atoms with Crippen molar-refractivity contribution in [2.75, 3.05) is 5.32 Å². The standard InChI is InChI=1S/C20H21N3O6/c1-11-8-18(23-28-11)21-19(24)14(4)27-20(25)15-6-5-7-16(9-15)26-10-17-12(2)22-29-13(17)3/h5-9,14H,10H2,1-4H3,(H,21,23,24)/t14-/m0/s1. The number of nitrogens with one attached hydrogen (secondary N) is 1. The Labute approximate surface area is 166 Å². The van der Waals surface area contributed by atoms with Gasteiger partial charge in [-0.3, -0.25) is 4.79 Å². The predicted molar refractivity (Wildman–Crippen MR) is 101 cm³/mol. The number of amides is 1. The summed E-state index contributed by atoms with van der Waals surface area (Å²) in [5.41, 5.74) is 1.87. The lowest BCUT2D eigenvalue weighted by atomic mass is 10.2. The fourth-order valence-corrected chi connectivity index (χ4v) is 2.51. The van der Waals surface area contributed by atoms with Gasteiger partial charge >= 0.3 is 5.97 Å². The minimum atomic E-state index is -1.02. The number of rotatable bonds is 7. The van der Waals surface area contributed by atoms with Gasteiger partial charge in [0.15, 0.2) is 11.9 Å². The summed E-state index contributed by atoms with van der Waals surface area (Å²) in [5.74, 6) is 0.808. The van der Waals surface area contributed by atoms with Crippen molar-refractivity contribution >= 4 is 17.7 Å². The summed E-state index contributed by atoms with van der Waals surface area (Å²) < 4.78 is 20.9. The Morgan fingerprint density at radius 2 is 1.93 bits per heavy atom. The molecule has 0 fully saturated rings. The molecule has 0 radical (unpaired) electrons. The van der Waals surface area contributed by atoms with Crippen LogP contribution in [0.25, 0.3) is 0 Å². The average Bonchev–Trinajstić information content (AvgIpc) is 3.25. The van der Waals surface area contributed by atoms with E-state index in [0.29, 0.717) is 17.3 Å². The lowest BCUT2D eigenvalue weighted by molar-refractivity contribution is -0.123. The number of hydrogen-bond acceptors (Lipinski definition) is 8. The molecule has 9 heteroatoms. The molecular weight excluding hydrogens is 378 g/mol. The highest BCUT2D eigenvalue weighted by atomic mass is 16.5. The average molecular weight is 399 g/mol. The second-order valence-electron chi connectivity index (χ2n) is 6.48. The van der Waals surface area contributed by atoms with Crippen LogP contribution >= 0.6 is 0 Å². The van der Waals surface area contributed by atoms with Gasteiger partial charge in [-0.05, 0) is 45.9 Å². The van der Waals surface area contributed by atoms with Gasteiger partial charge in [-0.15, -0.1) is 0 Å². The molecule has 0 aliphatic heterocycles. The third kappa shape index (κ3) is 5.01. The molecule has 29 heavy (non-hydrogen) atoms. The van der Waals surface area contributed by atoms with Crippen molar-refractivity contribution in [3.63, 3.8) is 0 Å².